The van der Waals surface area contributed by atoms with Crippen molar-refractivity contribution >= 4 is 38.8 Å². The second-order valence-electron chi connectivity index (χ2n) is 5.91. The number of aromatic hydroxyl groups is 1. The maximum Gasteiger partial charge on any atom is 0.281 e. The van der Waals surface area contributed by atoms with Crippen LogP contribution in [0.2, 0.25) is 0 Å². The summed E-state index contributed by atoms with van der Waals surface area (Å²) in [7, 11) is 0. The van der Waals surface area contributed by atoms with Crippen LogP contribution in [0.5, 0.6) is 11.5 Å². The van der Waals surface area contributed by atoms with Crippen molar-refractivity contribution in [2.24, 2.45) is 5.10 Å². The fourth-order valence-electron chi connectivity index (χ4n) is 2.61. The Morgan fingerprint density at radius 2 is 1.93 bits per heavy atom. The van der Waals surface area contributed by atoms with Gasteiger partial charge >= 0.3 is 0 Å². The maximum atomic E-state index is 12.4. The van der Waals surface area contributed by atoms with E-state index in [1.54, 1.807) is 24.3 Å². The number of hydrogen-bond acceptors (Lipinski definition) is 4. The smallest absolute Gasteiger partial charge is 0.281 e. The van der Waals surface area contributed by atoms with Crippen molar-refractivity contribution in [2.75, 3.05) is 0 Å². The van der Waals surface area contributed by atoms with E-state index in [9.17, 15) is 9.90 Å². The Hall–Kier alpha value is -2.86. The molecule has 1 amide bonds. The van der Waals surface area contributed by atoms with Crippen molar-refractivity contribution in [3.8, 4) is 11.5 Å². The number of para-hydroxylation sites is 1. The quantitative estimate of drug-likeness (QED) is 0.446. The van der Waals surface area contributed by atoms with Gasteiger partial charge in [0.1, 0.15) is 11.5 Å². The zero-order valence-corrected chi connectivity index (χ0v) is 16.3. The summed E-state index contributed by atoms with van der Waals surface area (Å²) in [6.07, 6.45) is 1.19. The van der Waals surface area contributed by atoms with Crippen LogP contribution in [-0.4, -0.2) is 23.3 Å². The lowest BCUT2D eigenvalue weighted by molar-refractivity contribution is -0.128. The van der Waals surface area contributed by atoms with Gasteiger partial charge < -0.3 is 9.84 Å². The van der Waals surface area contributed by atoms with Gasteiger partial charge in [0.15, 0.2) is 6.10 Å². The Labute approximate surface area is 165 Å². The van der Waals surface area contributed by atoms with Crippen molar-refractivity contribution in [2.45, 2.75) is 19.4 Å². The van der Waals surface area contributed by atoms with Crippen molar-refractivity contribution in [1.82, 2.24) is 5.43 Å². The van der Waals surface area contributed by atoms with Gasteiger partial charge in [0.2, 0.25) is 0 Å². The molecule has 0 aliphatic heterocycles. The molecule has 3 aromatic carbocycles. The normalized spacial score (nSPS) is 12.2. The SMILES string of the molecule is CC[C@H](Oc1ccc2ccccc2c1Br)C(=O)N/N=C\c1ccccc1O. The number of carbonyl (C=O) groups is 1. The third kappa shape index (κ3) is 4.46. The molecule has 138 valence electrons. The number of nitrogens with zero attached hydrogens (tertiary/aromatic N) is 1. The highest BCUT2D eigenvalue weighted by atomic mass is 79.9. The molecule has 0 aliphatic rings. The van der Waals surface area contributed by atoms with E-state index >= 15 is 0 Å². The lowest BCUT2D eigenvalue weighted by Crippen LogP contribution is -2.35. The number of phenols is 1. The van der Waals surface area contributed by atoms with Crippen LogP contribution in [0, 0.1) is 0 Å². The molecule has 0 radical (unpaired) electrons. The molecule has 0 spiro atoms. The van der Waals surface area contributed by atoms with Crippen molar-refractivity contribution in [3.05, 3.63) is 70.7 Å². The van der Waals surface area contributed by atoms with Gasteiger partial charge in [0, 0.05) is 5.56 Å². The average Bonchev–Trinajstić information content (AvgIpc) is 2.69. The zero-order valence-electron chi connectivity index (χ0n) is 14.7. The standard InChI is InChI=1S/C21H19BrN2O3/c1-2-18(21(26)24-23-13-15-8-4-6-10-17(15)25)27-19-12-11-14-7-3-5-9-16(14)20(19)22/h3-13,18,25H,2H2,1H3,(H,24,26)/b23-13-/t18-/m0/s1. The molecule has 0 aromatic heterocycles. The number of carbonyl (C=O) groups excluding carboxylic acids is 1. The molecule has 0 heterocycles. The van der Waals surface area contributed by atoms with E-state index in [0.29, 0.717) is 17.7 Å². The monoisotopic (exact) mass is 426 g/mol. The topological polar surface area (TPSA) is 70.9 Å². The number of nitrogens with one attached hydrogen (secondary N) is 1. The summed E-state index contributed by atoms with van der Waals surface area (Å²) in [5, 5.41) is 15.7. The lowest BCUT2D eigenvalue weighted by atomic mass is 10.1. The molecule has 27 heavy (non-hydrogen) atoms. The molecule has 0 bridgehead atoms. The Morgan fingerprint density at radius 3 is 2.70 bits per heavy atom. The minimum absolute atomic E-state index is 0.0962. The van der Waals surface area contributed by atoms with Gasteiger partial charge in [-0.05, 0) is 51.3 Å². The van der Waals surface area contributed by atoms with E-state index in [0.717, 1.165) is 15.2 Å². The molecule has 1 atom stereocenters. The third-order valence-corrected chi connectivity index (χ3v) is 4.89. The van der Waals surface area contributed by atoms with Crippen LogP contribution in [0.25, 0.3) is 10.8 Å². The first-order chi connectivity index (χ1) is 13.1. The van der Waals surface area contributed by atoms with Crippen molar-refractivity contribution < 1.29 is 14.6 Å². The van der Waals surface area contributed by atoms with Gasteiger partial charge in [-0.2, -0.15) is 5.10 Å². The predicted octanol–water partition coefficient (Wildman–Crippen LogP) is 4.62. The van der Waals surface area contributed by atoms with Gasteiger partial charge in [0.05, 0.1) is 10.7 Å². The van der Waals surface area contributed by atoms with E-state index in [-0.39, 0.29) is 11.7 Å². The van der Waals surface area contributed by atoms with Crippen LogP contribution >= 0.6 is 15.9 Å². The molecule has 5 nitrogen and oxygen atoms in total. The number of hydrazone groups is 1. The van der Waals surface area contributed by atoms with Crippen LogP contribution < -0.4 is 10.2 Å². The molecule has 0 saturated heterocycles. The summed E-state index contributed by atoms with van der Waals surface area (Å²) >= 11 is 3.57. The highest BCUT2D eigenvalue weighted by molar-refractivity contribution is 9.10. The number of fused-ring (bicyclic) bond motifs is 1. The minimum Gasteiger partial charge on any atom is -0.507 e. The highest BCUT2D eigenvalue weighted by Crippen LogP contribution is 2.33. The largest absolute Gasteiger partial charge is 0.507 e. The van der Waals surface area contributed by atoms with E-state index in [1.807, 2.05) is 43.3 Å². The van der Waals surface area contributed by atoms with Gasteiger partial charge in [-0.25, -0.2) is 5.43 Å². The summed E-state index contributed by atoms with van der Waals surface area (Å²) in [6.45, 7) is 1.87. The second-order valence-corrected chi connectivity index (χ2v) is 6.70. The van der Waals surface area contributed by atoms with Gasteiger partial charge in [-0.3, -0.25) is 4.79 Å². The molecular formula is C21H19BrN2O3. The summed E-state index contributed by atoms with van der Waals surface area (Å²) in [4.78, 5) is 12.4. The lowest BCUT2D eigenvalue weighted by Gasteiger charge is -2.17. The zero-order chi connectivity index (χ0) is 19.2. The predicted molar refractivity (Wildman–Crippen MR) is 110 cm³/mol. The van der Waals surface area contributed by atoms with Gasteiger partial charge in [-0.1, -0.05) is 49.4 Å². The first kappa shape index (κ1) is 18.9. The number of halogens is 1. The summed E-state index contributed by atoms with van der Waals surface area (Å²) in [5.74, 6) is 0.337. The second kappa shape index (κ2) is 8.68. The fourth-order valence-corrected chi connectivity index (χ4v) is 3.20. The Bertz CT molecular complexity index is 988. The molecule has 3 rings (SSSR count). The molecule has 0 aliphatic carbocycles. The molecular weight excluding hydrogens is 408 g/mol. The first-order valence-electron chi connectivity index (χ1n) is 8.55. The van der Waals surface area contributed by atoms with Gasteiger partial charge in [0.25, 0.3) is 5.91 Å². The van der Waals surface area contributed by atoms with E-state index < -0.39 is 6.10 Å². The fraction of sp³-hybridized carbons (Fsp3) is 0.143. The van der Waals surface area contributed by atoms with Crippen molar-refractivity contribution in [3.63, 3.8) is 0 Å². The van der Waals surface area contributed by atoms with Crippen LogP contribution in [0.3, 0.4) is 0 Å². The summed E-state index contributed by atoms with van der Waals surface area (Å²) in [6, 6.07) is 18.5. The van der Waals surface area contributed by atoms with E-state index in [1.165, 1.54) is 6.21 Å². The van der Waals surface area contributed by atoms with Crippen LogP contribution in [-0.2, 0) is 4.79 Å². The number of hydrogen-bond donors (Lipinski definition) is 2. The number of benzene rings is 3. The van der Waals surface area contributed by atoms with Crippen LogP contribution in [0.4, 0.5) is 0 Å². The number of ether oxygens (including phenoxy) is 1. The molecule has 0 saturated carbocycles. The third-order valence-electron chi connectivity index (χ3n) is 4.08. The molecule has 3 aromatic rings. The highest BCUT2D eigenvalue weighted by Gasteiger charge is 2.19. The van der Waals surface area contributed by atoms with Crippen LogP contribution in [0.1, 0.15) is 18.9 Å². The van der Waals surface area contributed by atoms with E-state index in [4.69, 9.17) is 4.74 Å². The first-order valence-corrected chi connectivity index (χ1v) is 9.34. The molecule has 2 N–H and O–H groups in total. The van der Waals surface area contributed by atoms with Crippen molar-refractivity contribution in [1.29, 1.82) is 0 Å². The molecule has 0 unspecified atom stereocenters. The van der Waals surface area contributed by atoms with E-state index in [2.05, 4.69) is 26.5 Å². The summed E-state index contributed by atoms with van der Waals surface area (Å²) < 4.78 is 6.72. The van der Waals surface area contributed by atoms with Crippen LogP contribution in [0.15, 0.2) is 70.2 Å². The Kier molecular flexibility index (Phi) is 6.08. The maximum absolute atomic E-state index is 12.4. The van der Waals surface area contributed by atoms with Gasteiger partial charge in [-0.15, -0.1) is 0 Å². The number of rotatable bonds is 6. The minimum atomic E-state index is -0.691. The summed E-state index contributed by atoms with van der Waals surface area (Å²) in [5.41, 5.74) is 2.98. The number of phenolic OH excluding ortho intramolecular Hbond substituents is 1. The molecule has 0 fully saturated rings. The Morgan fingerprint density at radius 1 is 1.19 bits per heavy atom. The number of amides is 1. The average molecular weight is 427 g/mol. The Balaban J connectivity index is 1.71. The molecule has 6 heteroatoms.